The van der Waals surface area contributed by atoms with Crippen molar-refractivity contribution < 1.29 is 9.90 Å². The average molecular weight is 299 g/mol. The van der Waals surface area contributed by atoms with Crippen molar-refractivity contribution in [2.24, 2.45) is 0 Å². The second kappa shape index (κ2) is 7.95. The maximum atomic E-state index is 12.6. The Kier molecular flexibility index (Phi) is 5.96. The molecule has 0 aliphatic heterocycles. The first-order valence-corrected chi connectivity index (χ1v) is 8.10. The molecule has 0 bridgehead atoms. The highest BCUT2D eigenvalue weighted by Gasteiger charge is 2.19. The van der Waals surface area contributed by atoms with Crippen molar-refractivity contribution in [1.29, 1.82) is 0 Å². The highest BCUT2D eigenvalue weighted by Crippen LogP contribution is 2.19. The Hall–Kier alpha value is -1.87. The van der Waals surface area contributed by atoms with Gasteiger partial charge in [-0.2, -0.15) is 0 Å². The second-order valence-corrected chi connectivity index (χ2v) is 5.84. The molecule has 0 aliphatic carbocycles. The molecule has 0 spiro atoms. The first kappa shape index (κ1) is 16.5. The van der Waals surface area contributed by atoms with Gasteiger partial charge in [-0.25, -0.2) is 0 Å². The average Bonchev–Trinajstić information content (AvgIpc) is 2.53. The first-order valence-electron chi connectivity index (χ1n) is 8.10. The Morgan fingerprint density at radius 2 is 1.86 bits per heavy atom. The maximum absolute atomic E-state index is 12.6. The van der Waals surface area contributed by atoms with Crippen molar-refractivity contribution in [3.8, 4) is 0 Å². The van der Waals surface area contributed by atoms with Gasteiger partial charge in [0.2, 0.25) is 0 Å². The van der Waals surface area contributed by atoms with Crippen LogP contribution in [0.5, 0.6) is 0 Å². The molecule has 22 heavy (non-hydrogen) atoms. The van der Waals surface area contributed by atoms with E-state index in [1.807, 2.05) is 42.5 Å². The van der Waals surface area contributed by atoms with Crippen LogP contribution in [0.15, 0.2) is 42.5 Å². The van der Waals surface area contributed by atoms with E-state index in [1.165, 1.54) is 0 Å². The molecule has 0 aromatic heterocycles. The lowest BCUT2D eigenvalue weighted by molar-refractivity contribution is 0.0849. The summed E-state index contributed by atoms with van der Waals surface area (Å²) in [6.45, 7) is 3.88. The van der Waals surface area contributed by atoms with Crippen molar-refractivity contribution in [3.63, 3.8) is 0 Å². The van der Waals surface area contributed by atoms with Crippen LogP contribution in [0.1, 0.15) is 49.9 Å². The topological polar surface area (TPSA) is 49.3 Å². The summed E-state index contributed by atoms with van der Waals surface area (Å²) in [6, 6.07) is 13.4. The minimum Gasteiger partial charge on any atom is -0.391 e. The molecule has 0 saturated carbocycles. The van der Waals surface area contributed by atoms with Gasteiger partial charge in [0.15, 0.2) is 0 Å². The molecular formula is C19H25NO2. The van der Waals surface area contributed by atoms with E-state index < -0.39 is 6.10 Å². The van der Waals surface area contributed by atoms with Gasteiger partial charge < -0.3 is 10.4 Å². The zero-order chi connectivity index (χ0) is 15.9. The molecule has 2 atom stereocenters. The number of fused-ring (bicyclic) bond motifs is 1. The zero-order valence-corrected chi connectivity index (χ0v) is 13.4. The molecule has 2 unspecified atom stereocenters. The Morgan fingerprint density at radius 3 is 2.59 bits per heavy atom. The van der Waals surface area contributed by atoms with E-state index in [9.17, 15) is 9.90 Å². The summed E-state index contributed by atoms with van der Waals surface area (Å²) in [6.07, 6.45) is 3.52. The van der Waals surface area contributed by atoms with Crippen molar-refractivity contribution in [3.05, 3.63) is 48.0 Å². The number of nitrogens with one attached hydrogen (secondary N) is 1. The maximum Gasteiger partial charge on any atom is 0.252 e. The molecule has 3 heteroatoms. The number of hydrogen-bond donors (Lipinski definition) is 2. The van der Waals surface area contributed by atoms with E-state index in [0.717, 1.165) is 36.5 Å². The number of benzene rings is 2. The van der Waals surface area contributed by atoms with E-state index in [-0.39, 0.29) is 11.9 Å². The van der Waals surface area contributed by atoms with E-state index >= 15 is 0 Å². The molecule has 0 saturated heterocycles. The molecule has 2 aromatic carbocycles. The fraction of sp³-hybridized carbons (Fsp3) is 0.421. The van der Waals surface area contributed by atoms with Gasteiger partial charge in [-0.3, -0.25) is 4.79 Å². The van der Waals surface area contributed by atoms with Crippen LogP contribution in [0, 0.1) is 0 Å². The summed E-state index contributed by atoms with van der Waals surface area (Å²) in [7, 11) is 0. The molecule has 0 aliphatic rings. The van der Waals surface area contributed by atoms with Gasteiger partial charge in [0.25, 0.3) is 5.91 Å². The third-order valence-corrected chi connectivity index (χ3v) is 4.05. The molecule has 0 heterocycles. The zero-order valence-electron chi connectivity index (χ0n) is 13.4. The fourth-order valence-corrected chi connectivity index (χ4v) is 2.72. The second-order valence-electron chi connectivity index (χ2n) is 5.84. The van der Waals surface area contributed by atoms with Crippen molar-refractivity contribution >= 4 is 16.7 Å². The van der Waals surface area contributed by atoms with E-state index in [0.29, 0.717) is 5.56 Å². The number of aliphatic hydroxyl groups is 1. The molecule has 1 amide bonds. The van der Waals surface area contributed by atoms with Gasteiger partial charge in [0.1, 0.15) is 0 Å². The van der Waals surface area contributed by atoms with Crippen LogP contribution in [0.4, 0.5) is 0 Å². The number of carbonyl (C=O) groups is 1. The third-order valence-electron chi connectivity index (χ3n) is 4.05. The van der Waals surface area contributed by atoms with Crippen LogP contribution in [0.2, 0.25) is 0 Å². The standard InChI is InChI=1S/C19H25NO2/c1-3-4-5-13-18(14(2)21)20-19(22)17-12-8-10-15-9-6-7-11-16(15)17/h6-12,14,18,21H,3-5,13H2,1-2H3,(H,20,22). The molecule has 0 radical (unpaired) electrons. The van der Waals surface area contributed by atoms with E-state index in [2.05, 4.69) is 12.2 Å². The van der Waals surface area contributed by atoms with Crippen LogP contribution in [-0.4, -0.2) is 23.2 Å². The lowest BCUT2D eigenvalue weighted by atomic mass is 10.0. The summed E-state index contributed by atoms with van der Waals surface area (Å²) in [4.78, 5) is 12.6. The van der Waals surface area contributed by atoms with E-state index in [4.69, 9.17) is 0 Å². The molecular weight excluding hydrogens is 274 g/mol. The summed E-state index contributed by atoms with van der Waals surface area (Å²) < 4.78 is 0. The van der Waals surface area contributed by atoms with Crippen LogP contribution < -0.4 is 5.32 Å². The molecule has 2 rings (SSSR count). The number of amides is 1. The van der Waals surface area contributed by atoms with Crippen molar-refractivity contribution in [2.75, 3.05) is 0 Å². The van der Waals surface area contributed by atoms with Crippen LogP contribution >= 0.6 is 0 Å². The Balaban J connectivity index is 2.15. The predicted molar refractivity (Wildman–Crippen MR) is 91.0 cm³/mol. The summed E-state index contributed by atoms with van der Waals surface area (Å²) in [5, 5.41) is 14.9. The Labute approximate surface area is 132 Å². The Bertz CT molecular complexity index is 616. The molecule has 2 aromatic rings. The lowest BCUT2D eigenvalue weighted by Crippen LogP contribution is -2.42. The lowest BCUT2D eigenvalue weighted by Gasteiger charge is -2.22. The highest BCUT2D eigenvalue weighted by molar-refractivity contribution is 6.07. The Morgan fingerprint density at radius 1 is 1.14 bits per heavy atom. The summed E-state index contributed by atoms with van der Waals surface area (Å²) in [5.41, 5.74) is 0.666. The fourth-order valence-electron chi connectivity index (χ4n) is 2.72. The molecule has 3 nitrogen and oxygen atoms in total. The van der Waals surface area contributed by atoms with E-state index in [1.54, 1.807) is 6.92 Å². The van der Waals surface area contributed by atoms with Gasteiger partial charge in [-0.1, -0.05) is 62.6 Å². The molecule has 118 valence electrons. The molecule has 2 N–H and O–H groups in total. The van der Waals surface area contributed by atoms with Gasteiger partial charge in [-0.05, 0) is 30.2 Å². The smallest absolute Gasteiger partial charge is 0.252 e. The highest BCUT2D eigenvalue weighted by atomic mass is 16.3. The first-order chi connectivity index (χ1) is 10.6. The van der Waals surface area contributed by atoms with Gasteiger partial charge in [-0.15, -0.1) is 0 Å². The minimum absolute atomic E-state index is 0.112. The van der Waals surface area contributed by atoms with Gasteiger partial charge in [0, 0.05) is 5.56 Å². The predicted octanol–water partition coefficient (Wildman–Crippen LogP) is 3.90. The molecule has 0 fully saturated rings. The van der Waals surface area contributed by atoms with Gasteiger partial charge >= 0.3 is 0 Å². The van der Waals surface area contributed by atoms with Crippen molar-refractivity contribution in [1.82, 2.24) is 5.32 Å². The van der Waals surface area contributed by atoms with Crippen LogP contribution in [0.25, 0.3) is 10.8 Å². The number of aliphatic hydroxyl groups excluding tert-OH is 1. The number of rotatable bonds is 7. The number of carbonyl (C=O) groups excluding carboxylic acids is 1. The third kappa shape index (κ3) is 4.08. The van der Waals surface area contributed by atoms with Crippen molar-refractivity contribution in [2.45, 2.75) is 51.7 Å². The number of hydrogen-bond acceptors (Lipinski definition) is 2. The SMILES string of the molecule is CCCCCC(NC(=O)c1cccc2ccccc12)C(C)O. The largest absolute Gasteiger partial charge is 0.391 e. The summed E-state index contributed by atoms with van der Waals surface area (Å²) in [5.74, 6) is -0.112. The van der Waals surface area contributed by atoms with Gasteiger partial charge in [0.05, 0.1) is 12.1 Å². The normalized spacial score (nSPS) is 13.8. The number of unbranched alkanes of at least 4 members (excludes halogenated alkanes) is 2. The minimum atomic E-state index is -0.546. The van der Waals surface area contributed by atoms with Crippen LogP contribution in [-0.2, 0) is 0 Å². The monoisotopic (exact) mass is 299 g/mol. The van der Waals surface area contributed by atoms with Crippen LogP contribution in [0.3, 0.4) is 0 Å². The summed E-state index contributed by atoms with van der Waals surface area (Å²) >= 11 is 0. The quantitative estimate of drug-likeness (QED) is 0.762.